The quantitative estimate of drug-likeness (QED) is 0.720. The van der Waals surface area contributed by atoms with Gasteiger partial charge >= 0.3 is 5.97 Å². The lowest BCUT2D eigenvalue weighted by Crippen LogP contribution is -2.00. The molecule has 0 radical (unpaired) electrons. The minimum atomic E-state index is -1.02. The van der Waals surface area contributed by atoms with Gasteiger partial charge in [-0.2, -0.15) is 0 Å². The average molecular weight is 343 g/mol. The molecule has 3 aromatic carbocycles. The normalized spacial score (nSPS) is 10.5. The molecule has 0 fully saturated rings. The summed E-state index contributed by atoms with van der Waals surface area (Å²) in [6, 6.07) is 18.5. The van der Waals surface area contributed by atoms with Gasteiger partial charge in [0.25, 0.3) is 0 Å². The number of fused-ring (bicyclic) bond motifs is 1. The number of benzene rings is 3. The fourth-order valence-corrected chi connectivity index (χ4v) is 2.52. The molecule has 21 heavy (non-hydrogen) atoms. The van der Waals surface area contributed by atoms with Crippen molar-refractivity contribution in [2.24, 2.45) is 0 Å². The zero-order valence-electron chi connectivity index (χ0n) is 10.9. The number of hydrogen-bond donors (Lipinski definition) is 1. The van der Waals surface area contributed by atoms with Crippen molar-refractivity contribution < 1.29 is 14.6 Å². The first-order chi connectivity index (χ1) is 10.1. The van der Waals surface area contributed by atoms with Crippen molar-refractivity contribution in [1.82, 2.24) is 0 Å². The first-order valence-electron chi connectivity index (χ1n) is 6.33. The molecule has 104 valence electrons. The third kappa shape index (κ3) is 2.76. The minimum Gasteiger partial charge on any atom is -0.478 e. The van der Waals surface area contributed by atoms with Crippen LogP contribution in [-0.4, -0.2) is 11.1 Å². The number of carboxylic acid groups (broad SMARTS) is 1. The topological polar surface area (TPSA) is 46.5 Å². The second-order valence-electron chi connectivity index (χ2n) is 4.52. The van der Waals surface area contributed by atoms with Crippen LogP contribution in [0.2, 0.25) is 0 Å². The highest BCUT2D eigenvalue weighted by atomic mass is 79.9. The summed E-state index contributed by atoms with van der Waals surface area (Å²) in [6.45, 7) is 0. The van der Waals surface area contributed by atoms with E-state index in [0.29, 0.717) is 16.0 Å². The van der Waals surface area contributed by atoms with Crippen LogP contribution in [0.1, 0.15) is 10.4 Å². The molecular weight excluding hydrogens is 332 g/mol. The molecule has 0 amide bonds. The Balaban J connectivity index is 2.09. The van der Waals surface area contributed by atoms with E-state index >= 15 is 0 Å². The molecule has 0 unspecified atom stereocenters. The van der Waals surface area contributed by atoms with Crippen molar-refractivity contribution >= 4 is 32.7 Å². The summed E-state index contributed by atoms with van der Waals surface area (Å²) in [5.74, 6) is -0.0634. The van der Waals surface area contributed by atoms with E-state index in [4.69, 9.17) is 4.74 Å². The summed E-state index contributed by atoms with van der Waals surface area (Å²) in [5.41, 5.74) is 0.123. The standard InChI is InChI=1S/C17H11BrO3/c18-12-8-9-16(14(10-12)17(19)20)21-15-7-3-5-11-4-1-2-6-13(11)15/h1-10H,(H,19,20). The molecule has 0 saturated heterocycles. The van der Waals surface area contributed by atoms with E-state index in [-0.39, 0.29) is 5.56 Å². The Morgan fingerprint density at radius 1 is 0.952 bits per heavy atom. The number of hydrogen-bond acceptors (Lipinski definition) is 2. The molecule has 3 rings (SSSR count). The number of carbonyl (C=O) groups is 1. The SMILES string of the molecule is O=C(O)c1cc(Br)ccc1Oc1cccc2ccccc12. The maximum Gasteiger partial charge on any atom is 0.339 e. The van der Waals surface area contributed by atoms with Gasteiger partial charge < -0.3 is 9.84 Å². The summed E-state index contributed by atoms with van der Waals surface area (Å²) in [5, 5.41) is 11.3. The van der Waals surface area contributed by atoms with Crippen LogP contribution >= 0.6 is 15.9 Å². The van der Waals surface area contributed by atoms with Crippen LogP contribution in [0.4, 0.5) is 0 Å². The lowest BCUT2D eigenvalue weighted by atomic mass is 10.1. The van der Waals surface area contributed by atoms with E-state index in [0.717, 1.165) is 10.8 Å². The number of aromatic carboxylic acids is 1. The molecule has 0 saturated carbocycles. The van der Waals surface area contributed by atoms with Gasteiger partial charge in [-0.25, -0.2) is 4.79 Å². The summed E-state index contributed by atoms with van der Waals surface area (Å²) < 4.78 is 6.54. The van der Waals surface area contributed by atoms with E-state index < -0.39 is 5.97 Å². The molecule has 0 aliphatic heterocycles. The molecule has 3 aromatic rings. The van der Waals surface area contributed by atoms with Gasteiger partial charge in [0.2, 0.25) is 0 Å². The lowest BCUT2D eigenvalue weighted by Gasteiger charge is -2.11. The zero-order chi connectivity index (χ0) is 14.8. The fourth-order valence-electron chi connectivity index (χ4n) is 2.16. The third-order valence-corrected chi connectivity index (χ3v) is 3.63. The maximum atomic E-state index is 11.3. The average Bonchev–Trinajstić information content (AvgIpc) is 2.49. The van der Waals surface area contributed by atoms with Crippen LogP contribution in [0, 0.1) is 0 Å². The molecule has 1 N–H and O–H groups in total. The number of ether oxygens (including phenoxy) is 1. The van der Waals surface area contributed by atoms with Crippen LogP contribution in [-0.2, 0) is 0 Å². The molecule has 0 bridgehead atoms. The van der Waals surface area contributed by atoms with Crippen LogP contribution in [0.5, 0.6) is 11.5 Å². The molecule has 0 aromatic heterocycles. The highest BCUT2D eigenvalue weighted by Gasteiger charge is 2.13. The van der Waals surface area contributed by atoms with Crippen molar-refractivity contribution in [2.45, 2.75) is 0 Å². The van der Waals surface area contributed by atoms with E-state index in [1.807, 2.05) is 42.5 Å². The molecule has 0 aliphatic carbocycles. The predicted octanol–water partition coefficient (Wildman–Crippen LogP) is 5.09. The highest BCUT2D eigenvalue weighted by molar-refractivity contribution is 9.10. The molecule has 0 spiro atoms. The molecule has 0 heterocycles. The fraction of sp³-hybridized carbons (Fsp3) is 0. The molecule has 0 atom stereocenters. The van der Waals surface area contributed by atoms with E-state index in [2.05, 4.69) is 15.9 Å². The van der Waals surface area contributed by atoms with E-state index in [1.54, 1.807) is 12.1 Å². The predicted molar refractivity (Wildman–Crippen MR) is 85.1 cm³/mol. The van der Waals surface area contributed by atoms with Crippen molar-refractivity contribution in [1.29, 1.82) is 0 Å². The third-order valence-electron chi connectivity index (χ3n) is 3.14. The van der Waals surface area contributed by atoms with Crippen LogP contribution in [0.3, 0.4) is 0 Å². The van der Waals surface area contributed by atoms with Gasteiger partial charge in [-0.15, -0.1) is 0 Å². The lowest BCUT2D eigenvalue weighted by molar-refractivity contribution is 0.0694. The smallest absolute Gasteiger partial charge is 0.339 e. The summed E-state index contributed by atoms with van der Waals surface area (Å²) >= 11 is 3.27. The molecular formula is C17H11BrO3. The molecule has 0 aliphatic rings. The first kappa shape index (κ1) is 13.6. The number of halogens is 1. The Labute approximate surface area is 129 Å². The molecule has 3 nitrogen and oxygen atoms in total. The summed E-state index contributed by atoms with van der Waals surface area (Å²) in [4.78, 5) is 11.3. The van der Waals surface area contributed by atoms with Crippen molar-refractivity contribution in [3.05, 3.63) is 70.7 Å². The van der Waals surface area contributed by atoms with Crippen molar-refractivity contribution in [2.75, 3.05) is 0 Å². The van der Waals surface area contributed by atoms with Gasteiger partial charge in [0.05, 0.1) is 0 Å². The van der Waals surface area contributed by atoms with Gasteiger partial charge in [0.1, 0.15) is 17.1 Å². The van der Waals surface area contributed by atoms with E-state index in [9.17, 15) is 9.90 Å². The highest BCUT2D eigenvalue weighted by Crippen LogP contribution is 2.32. The number of carboxylic acids is 1. The Hall–Kier alpha value is -2.33. The second kappa shape index (κ2) is 5.58. The number of rotatable bonds is 3. The van der Waals surface area contributed by atoms with Crippen LogP contribution < -0.4 is 4.74 Å². The maximum absolute atomic E-state index is 11.3. The van der Waals surface area contributed by atoms with Gasteiger partial charge in [0.15, 0.2) is 0 Å². The monoisotopic (exact) mass is 342 g/mol. The Morgan fingerprint density at radius 2 is 1.71 bits per heavy atom. The van der Waals surface area contributed by atoms with E-state index in [1.165, 1.54) is 6.07 Å². The van der Waals surface area contributed by atoms with Crippen LogP contribution in [0.25, 0.3) is 10.8 Å². The van der Waals surface area contributed by atoms with Crippen molar-refractivity contribution in [3.63, 3.8) is 0 Å². The minimum absolute atomic E-state index is 0.123. The summed E-state index contributed by atoms with van der Waals surface area (Å²) in [7, 11) is 0. The second-order valence-corrected chi connectivity index (χ2v) is 5.44. The Bertz CT molecular complexity index is 822. The first-order valence-corrected chi connectivity index (χ1v) is 7.13. The van der Waals surface area contributed by atoms with Gasteiger partial charge in [-0.3, -0.25) is 0 Å². The largest absolute Gasteiger partial charge is 0.478 e. The molecule has 4 heteroatoms. The van der Waals surface area contributed by atoms with Gasteiger partial charge in [0, 0.05) is 9.86 Å². The summed E-state index contributed by atoms with van der Waals surface area (Å²) in [6.07, 6.45) is 0. The van der Waals surface area contributed by atoms with Gasteiger partial charge in [-0.05, 0) is 29.7 Å². The van der Waals surface area contributed by atoms with Crippen LogP contribution in [0.15, 0.2) is 65.1 Å². The van der Waals surface area contributed by atoms with Crippen molar-refractivity contribution in [3.8, 4) is 11.5 Å². The Morgan fingerprint density at radius 3 is 2.52 bits per heavy atom. The van der Waals surface area contributed by atoms with Gasteiger partial charge in [-0.1, -0.05) is 52.3 Å². The Kier molecular flexibility index (Phi) is 3.62. The zero-order valence-corrected chi connectivity index (χ0v) is 12.5.